The smallest absolute Gasteiger partial charge is 0.285 e. The molecule has 0 radical (unpaired) electrons. The summed E-state index contributed by atoms with van der Waals surface area (Å²) in [4.78, 5) is 16.4. The van der Waals surface area contributed by atoms with E-state index in [1.165, 1.54) is 11.6 Å². The van der Waals surface area contributed by atoms with Crippen LogP contribution in [-0.2, 0) is 12.5 Å². The summed E-state index contributed by atoms with van der Waals surface area (Å²) >= 11 is 2.62. The minimum absolute atomic E-state index is 0.121. The third-order valence-corrected chi connectivity index (χ3v) is 8.03. The zero-order valence-electron chi connectivity index (χ0n) is 17.5. The van der Waals surface area contributed by atoms with Gasteiger partial charge in [-0.25, -0.2) is 8.78 Å². The number of aromatic nitrogens is 4. The Kier molecular flexibility index (Phi) is 4.94. The van der Waals surface area contributed by atoms with E-state index in [1.54, 1.807) is 20.9 Å². The Balaban J connectivity index is 1.51. The second-order valence-electron chi connectivity index (χ2n) is 8.08. The molecule has 6 nitrogen and oxygen atoms in total. The molecule has 1 aromatic carbocycles. The molecule has 1 aliphatic rings. The van der Waals surface area contributed by atoms with Gasteiger partial charge in [-0.15, -0.1) is 21.5 Å². The lowest BCUT2D eigenvalue weighted by Gasteiger charge is -2.43. The standard InChI is InChI=1S/C22H19F2N5OS2/c1-12-18-16(6-7-31-18)22(2,13-9-25-28(3)10-13)11-29(12)21(30)20-27-26-19(32-20)15-5-4-14(23)8-17(15)24/h4-10,12H,11H2,1-3H3/t12-,22-/m0/s1. The number of halogens is 2. The quantitative estimate of drug-likeness (QED) is 0.431. The average molecular weight is 472 g/mol. The van der Waals surface area contributed by atoms with E-state index < -0.39 is 17.0 Å². The fraction of sp³-hybridized carbons (Fsp3) is 0.273. The molecular weight excluding hydrogens is 452 g/mol. The first-order valence-corrected chi connectivity index (χ1v) is 11.6. The largest absolute Gasteiger partial charge is 0.328 e. The van der Waals surface area contributed by atoms with E-state index in [2.05, 4.69) is 28.3 Å². The van der Waals surface area contributed by atoms with Crippen LogP contribution < -0.4 is 0 Å². The minimum atomic E-state index is -0.737. The van der Waals surface area contributed by atoms with Crippen LogP contribution in [0.4, 0.5) is 8.78 Å². The van der Waals surface area contributed by atoms with E-state index >= 15 is 0 Å². The number of rotatable bonds is 3. The molecule has 0 spiro atoms. The lowest BCUT2D eigenvalue weighted by molar-refractivity contribution is 0.0631. The highest BCUT2D eigenvalue weighted by Gasteiger charge is 2.44. The number of hydrogen-bond acceptors (Lipinski definition) is 6. The number of fused-ring (bicyclic) bond motifs is 1. The van der Waals surface area contributed by atoms with Crippen molar-refractivity contribution in [1.82, 2.24) is 24.9 Å². The first-order valence-electron chi connectivity index (χ1n) is 9.95. The van der Waals surface area contributed by atoms with Crippen LogP contribution in [0.1, 0.15) is 45.7 Å². The van der Waals surface area contributed by atoms with Crippen LogP contribution >= 0.6 is 22.7 Å². The molecule has 3 aromatic heterocycles. The highest BCUT2D eigenvalue weighted by molar-refractivity contribution is 7.16. The molecule has 0 fully saturated rings. The maximum atomic E-state index is 14.2. The number of amides is 1. The fourth-order valence-electron chi connectivity index (χ4n) is 4.21. The molecular formula is C22H19F2N5OS2. The van der Waals surface area contributed by atoms with Crippen LogP contribution in [0.3, 0.4) is 0 Å². The van der Waals surface area contributed by atoms with Crippen LogP contribution in [0.2, 0.25) is 0 Å². The Morgan fingerprint density at radius 2 is 2.06 bits per heavy atom. The number of aryl methyl sites for hydroxylation is 1. The number of nitrogens with zero attached hydrogens (tertiary/aromatic N) is 5. The van der Waals surface area contributed by atoms with E-state index in [0.717, 1.165) is 33.9 Å². The van der Waals surface area contributed by atoms with Gasteiger partial charge in [-0.1, -0.05) is 11.3 Å². The van der Waals surface area contributed by atoms with Gasteiger partial charge in [0.2, 0.25) is 5.01 Å². The Hall–Kier alpha value is -2.98. The van der Waals surface area contributed by atoms with E-state index in [9.17, 15) is 13.6 Å². The number of carbonyl (C=O) groups excluding carboxylic acids is 1. The summed E-state index contributed by atoms with van der Waals surface area (Å²) in [5, 5.41) is 14.8. The number of hydrogen-bond donors (Lipinski definition) is 0. The second kappa shape index (κ2) is 7.56. The molecule has 5 rings (SSSR count). The van der Waals surface area contributed by atoms with Crippen LogP contribution in [-0.4, -0.2) is 37.3 Å². The highest BCUT2D eigenvalue weighted by atomic mass is 32.1. The van der Waals surface area contributed by atoms with E-state index in [1.807, 2.05) is 31.7 Å². The lowest BCUT2D eigenvalue weighted by Crippen LogP contribution is -2.48. The second-order valence-corrected chi connectivity index (χ2v) is 10.0. The Labute approximate surface area is 191 Å². The minimum Gasteiger partial charge on any atom is -0.328 e. The Morgan fingerprint density at radius 3 is 2.78 bits per heavy atom. The monoisotopic (exact) mass is 471 g/mol. The van der Waals surface area contributed by atoms with Crippen molar-refractivity contribution in [3.8, 4) is 10.6 Å². The summed E-state index contributed by atoms with van der Waals surface area (Å²) < 4.78 is 29.2. The van der Waals surface area contributed by atoms with Gasteiger partial charge < -0.3 is 4.90 Å². The maximum Gasteiger partial charge on any atom is 0.285 e. The Morgan fingerprint density at radius 1 is 1.25 bits per heavy atom. The predicted octanol–water partition coefficient (Wildman–Crippen LogP) is 4.80. The molecule has 2 atom stereocenters. The van der Waals surface area contributed by atoms with Crippen molar-refractivity contribution in [2.24, 2.45) is 7.05 Å². The van der Waals surface area contributed by atoms with Gasteiger partial charge in [-0.2, -0.15) is 5.10 Å². The maximum absolute atomic E-state index is 14.2. The van der Waals surface area contributed by atoms with Gasteiger partial charge in [0.1, 0.15) is 11.6 Å². The molecule has 164 valence electrons. The molecule has 0 N–H and O–H groups in total. The van der Waals surface area contributed by atoms with Gasteiger partial charge in [0.15, 0.2) is 5.01 Å². The summed E-state index contributed by atoms with van der Waals surface area (Å²) in [6.45, 7) is 4.56. The van der Waals surface area contributed by atoms with E-state index in [-0.39, 0.29) is 27.5 Å². The summed E-state index contributed by atoms with van der Waals surface area (Å²) in [7, 11) is 1.87. The summed E-state index contributed by atoms with van der Waals surface area (Å²) in [5.41, 5.74) is 1.91. The lowest BCUT2D eigenvalue weighted by atomic mass is 9.74. The first-order chi connectivity index (χ1) is 15.3. The van der Waals surface area contributed by atoms with Crippen LogP contribution in [0, 0.1) is 11.6 Å². The molecule has 0 saturated heterocycles. The van der Waals surface area contributed by atoms with Gasteiger partial charge >= 0.3 is 0 Å². The molecule has 1 aliphatic heterocycles. The fourth-order valence-corrected chi connectivity index (χ4v) is 6.13. The topological polar surface area (TPSA) is 63.9 Å². The third-order valence-electron chi connectivity index (χ3n) is 6.00. The van der Waals surface area contributed by atoms with Gasteiger partial charge in [0.25, 0.3) is 5.91 Å². The molecule has 0 aliphatic carbocycles. The van der Waals surface area contributed by atoms with Crippen LogP contribution in [0.15, 0.2) is 42.0 Å². The van der Waals surface area contributed by atoms with Crippen molar-refractivity contribution in [3.05, 3.63) is 74.7 Å². The molecule has 10 heteroatoms. The number of thiophene rings is 1. The van der Waals surface area contributed by atoms with Gasteiger partial charge in [0.05, 0.1) is 12.2 Å². The van der Waals surface area contributed by atoms with Gasteiger partial charge in [0, 0.05) is 47.3 Å². The molecule has 4 aromatic rings. The van der Waals surface area contributed by atoms with Gasteiger partial charge in [-0.05, 0) is 43.0 Å². The number of benzene rings is 1. The van der Waals surface area contributed by atoms with Crippen molar-refractivity contribution < 1.29 is 13.6 Å². The SMILES string of the molecule is C[C@H]1c2sccc2[C@](C)(c2cnn(C)c2)CN1C(=O)c1nnc(-c2ccc(F)cc2F)s1. The van der Waals surface area contributed by atoms with Crippen molar-refractivity contribution in [2.75, 3.05) is 6.54 Å². The molecule has 0 unspecified atom stereocenters. The van der Waals surface area contributed by atoms with Crippen molar-refractivity contribution in [2.45, 2.75) is 25.3 Å². The predicted molar refractivity (Wildman–Crippen MR) is 119 cm³/mol. The normalized spacial score (nSPS) is 20.4. The van der Waals surface area contributed by atoms with Gasteiger partial charge in [-0.3, -0.25) is 9.48 Å². The first kappa shape index (κ1) is 20.9. The molecule has 1 amide bonds. The van der Waals surface area contributed by atoms with E-state index in [0.29, 0.717) is 6.54 Å². The zero-order chi connectivity index (χ0) is 22.6. The number of carbonyl (C=O) groups is 1. The van der Waals surface area contributed by atoms with Crippen molar-refractivity contribution >= 4 is 28.6 Å². The van der Waals surface area contributed by atoms with E-state index in [4.69, 9.17) is 0 Å². The average Bonchev–Trinajstić information content (AvgIpc) is 3.51. The van der Waals surface area contributed by atoms with Crippen molar-refractivity contribution in [1.29, 1.82) is 0 Å². The summed E-state index contributed by atoms with van der Waals surface area (Å²) in [5.74, 6) is -1.67. The molecule has 32 heavy (non-hydrogen) atoms. The van der Waals surface area contributed by atoms with Crippen LogP contribution in [0.5, 0.6) is 0 Å². The molecule has 0 saturated carbocycles. The van der Waals surface area contributed by atoms with Crippen molar-refractivity contribution in [3.63, 3.8) is 0 Å². The summed E-state index contributed by atoms with van der Waals surface area (Å²) in [6, 6.07) is 5.23. The summed E-state index contributed by atoms with van der Waals surface area (Å²) in [6.07, 6.45) is 3.81. The van der Waals surface area contributed by atoms with Crippen LogP contribution in [0.25, 0.3) is 10.6 Å². The zero-order valence-corrected chi connectivity index (χ0v) is 19.2. The Bertz CT molecular complexity index is 1330. The molecule has 4 heterocycles. The molecule has 0 bridgehead atoms. The third kappa shape index (κ3) is 3.25. The highest BCUT2D eigenvalue weighted by Crippen LogP contribution is 2.46.